The Kier molecular flexibility index (Phi) is 3.22. The maximum Gasteiger partial charge on any atom is 0.266 e. The van der Waals surface area contributed by atoms with Crippen molar-refractivity contribution in [3.8, 4) is 11.6 Å². The van der Waals surface area contributed by atoms with Crippen molar-refractivity contribution in [1.82, 2.24) is 20.5 Å². The van der Waals surface area contributed by atoms with Crippen LogP contribution in [0.25, 0.3) is 11.6 Å². The Labute approximate surface area is 110 Å². The molecule has 2 heterocycles. The van der Waals surface area contributed by atoms with Crippen LogP contribution < -0.4 is 5.32 Å². The first-order chi connectivity index (χ1) is 9.31. The number of hydrogen-bond donors (Lipinski definition) is 1. The second kappa shape index (κ2) is 5.17. The molecule has 0 spiro atoms. The molecule has 98 valence electrons. The Morgan fingerprint density at radius 1 is 1.37 bits per heavy atom. The van der Waals surface area contributed by atoms with Gasteiger partial charge in [-0.3, -0.25) is 9.78 Å². The standard InChI is InChI=1S/C13H14N4O2/c18-11(15-9-4-5-9)6-7-12-16-17-13(19-12)10-3-1-2-8-14-10/h1-3,8-9H,4-7H2,(H,15,18). The molecule has 0 aromatic carbocycles. The van der Waals surface area contributed by atoms with Gasteiger partial charge in [0.1, 0.15) is 5.69 Å². The van der Waals surface area contributed by atoms with Gasteiger partial charge in [-0.15, -0.1) is 10.2 Å². The number of hydrogen-bond acceptors (Lipinski definition) is 5. The summed E-state index contributed by atoms with van der Waals surface area (Å²) in [5.74, 6) is 0.893. The number of aromatic nitrogens is 3. The summed E-state index contributed by atoms with van der Waals surface area (Å²) in [5, 5.41) is 10.8. The van der Waals surface area contributed by atoms with Gasteiger partial charge in [0.05, 0.1) is 0 Å². The van der Waals surface area contributed by atoms with Gasteiger partial charge in [0, 0.05) is 25.1 Å². The number of amides is 1. The maximum atomic E-state index is 11.5. The molecule has 3 rings (SSSR count). The first kappa shape index (κ1) is 11.8. The van der Waals surface area contributed by atoms with Gasteiger partial charge < -0.3 is 9.73 Å². The maximum absolute atomic E-state index is 11.5. The number of pyridine rings is 1. The van der Waals surface area contributed by atoms with Crippen LogP contribution in [0.3, 0.4) is 0 Å². The molecule has 1 aliphatic carbocycles. The van der Waals surface area contributed by atoms with E-state index in [0.717, 1.165) is 12.8 Å². The van der Waals surface area contributed by atoms with Crippen LogP contribution in [0.2, 0.25) is 0 Å². The number of carbonyl (C=O) groups excluding carboxylic acids is 1. The second-order valence-corrected chi connectivity index (χ2v) is 4.56. The molecular formula is C13H14N4O2. The summed E-state index contributed by atoms with van der Waals surface area (Å²) in [6, 6.07) is 5.87. The topological polar surface area (TPSA) is 80.9 Å². The molecular weight excluding hydrogens is 244 g/mol. The average Bonchev–Trinajstić information content (AvgIpc) is 3.12. The van der Waals surface area contributed by atoms with Crippen molar-refractivity contribution >= 4 is 5.91 Å². The number of nitrogens with zero attached hydrogens (tertiary/aromatic N) is 3. The van der Waals surface area contributed by atoms with E-state index in [-0.39, 0.29) is 5.91 Å². The SMILES string of the molecule is O=C(CCc1nnc(-c2ccccn2)o1)NC1CC1. The van der Waals surface area contributed by atoms with Gasteiger partial charge in [0.15, 0.2) is 0 Å². The molecule has 1 fully saturated rings. The molecule has 1 amide bonds. The monoisotopic (exact) mass is 258 g/mol. The molecule has 2 aromatic rings. The van der Waals surface area contributed by atoms with Crippen LogP contribution >= 0.6 is 0 Å². The van der Waals surface area contributed by atoms with E-state index in [4.69, 9.17) is 4.42 Å². The molecule has 1 N–H and O–H groups in total. The van der Waals surface area contributed by atoms with Crippen LogP contribution in [0.15, 0.2) is 28.8 Å². The van der Waals surface area contributed by atoms with Crippen LogP contribution in [0.1, 0.15) is 25.2 Å². The molecule has 1 saturated carbocycles. The molecule has 1 aliphatic rings. The summed E-state index contributed by atoms with van der Waals surface area (Å²) in [4.78, 5) is 15.7. The van der Waals surface area contributed by atoms with E-state index in [2.05, 4.69) is 20.5 Å². The fourth-order valence-electron chi connectivity index (χ4n) is 1.70. The summed E-state index contributed by atoms with van der Waals surface area (Å²) in [6.45, 7) is 0. The van der Waals surface area contributed by atoms with Crippen molar-refractivity contribution in [2.45, 2.75) is 31.7 Å². The third kappa shape index (κ3) is 3.15. The van der Waals surface area contributed by atoms with Crippen molar-refractivity contribution in [3.63, 3.8) is 0 Å². The second-order valence-electron chi connectivity index (χ2n) is 4.56. The quantitative estimate of drug-likeness (QED) is 0.875. The lowest BCUT2D eigenvalue weighted by Gasteiger charge is -2.00. The summed E-state index contributed by atoms with van der Waals surface area (Å²) in [6.07, 6.45) is 4.69. The number of rotatable bonds is 5. The van der Waals surface area contributed by atoms with E-state index in [1.54, 1.807) is 12.3 Å². The first-order valence-corrected chi connectivity index (χ1v) is 6.34. The Balaban J connectivity index is 1.57. The number of nitrogens with one attached hydrogen (secondary N) is 1. The van der Waals surface area contributed by atoms with E-state index in [0.29, 0.717) is 36.4 Å². The summed E-state index contributed by atoms with van der Waals surface area (Å²) in [7, 11) is 0. The molecule has 0 aliphatic heterocycles. The third-order valence-corrected chi connectivity index (χ3v) is 2.86. The van der Waals surface area contributed by atoms with Crippen LogP contribution in [0.5, 0.6) is 0 Å². The predicted octanol–water partition coefficient (Wildman–Crippen LogP) is 1.34. The molecule has 0 atom stereocenters. The van der Waals surface area contributed by atoms with Gasteiger partial charge in [-0.05, 0) is 25.0 Å². The van der Waals surface area contributed by atoms with Gasteiger partial charge in [-0.1, -0.05) is 6.07 Å². The first-order valence-electron chi connectivity index (χ1n) is 6.34. The molecule has 2 aromatic heterocycles. The van der Waals surface area contributed by atoms with E-state index in [1.165, 1.54) is 0 Å². The zero-order valence-electron chi connectivity index (χ0n) is 10.4. The van der Waals surface area contributed by atoms with E-state index >= 15 is 0 Å². The van der Waals surface area contributed by atoms with E-state index in [9.17, 15) is 4.79 Å². The highest BCUT2D eigenvalue weighted by molar-refractivity contribution is 5.76. The van der Waals surface area contributed by atoms with E-state index < -0.39 is 0 Å². The summed E-state index contributed by atoms with van der Waals surface area (Å²) >= 11 is 0. The van der Waals surface area contributed by atoms with Crippen LogP contribution in [0.4, 0.5) is 0 Å². The Bertz CT molecular complexity index is 563. The largest absolute Gasteiger partial charge is 0.419 e. The lowest BCUT2D eigenvalue weighted by atomic mass is 10.3. The number of aryl methyl sites for hydroxylation is 1. The molecule has 6 nitrogen and oxygen atoms in total. The van der Waals surface area contributed by atoms with Gasteiger partial charge in [0.25, 0.3) is 5.89 Å². The fourth-order valence-corrected chi connectivity index (χ4v) is 1.70. The minimum absolute atomic E-state index is 0.0417. The lowest BCUT2D eigenvalue weighted by molar-refractivity contribution is -0.121. The van der Waals surface area contributed by atoms with Crippen LogP contribution in [-0.2, 0) is 11.2 Å². The van der Waals surface area contributed by atoms with Crippen molar-refractivity contribution in [3.05, 3.63) is 30.3 Å². The minimum Gasteiger partial charge on any atom is -0.419 e. The molecule has 19 heavy (non-hydrogen) atoms. The third-order valence-electron chi connectivity index (χ3n) is 2.86. The van der Waals surface area contributed by atoms with Crippen molar-refractivity contribution in [2.75, 3.05) is 0 Å². The molecule has 0 unspecified atom stereocenters. The highest BCUT2D eigenvalue weighted by Gasteiger charge is 2.23. The molecule has 0 saturated heterocycles. The van der Waals surface area contributed by atoms with Crippen LogP contribution in [0, 0.1) is 0 Å². The molecule has 6 heteroatoms. The van der Waals surface area contributed by atoms with Gasteiger partial charge in [-0.2, -0.15) is 0 Å². The smallest absolute Gasteiger partial charge is 0.266 e. The zero-order valence-corrected chi connectivity index (χ0v) is 10.4. The Hall–Kier alpha value is -2.24. The number of carbonyl (C=O) groups is 1. The predicted molar refractivity (Wildman–Crippen MR) is 67.0 cm³/mol. The summed E-state index contributed by atoms with van der Waals surface area (Å²) < 4.78 is 5.48. The molecule has 0 radical (unpaired) electrons. The van der Waals surface area contributed by atoms with Crippen molar-refractivity contribution in [2.24, 2.45) is 0 Å². The van der Waals surface area contributed by atoms with Gasteiger partial charge >= 0.3 is 0 Å². The highest BCUT2D eigenvalue weighted by atomic mass is 16.4. The van der Waals surface area contributed by atoms with Gasteiger partial charge in [-0.25, -0.2) is 0 Å². The Morgan fingerprint density at radius 3 is 3.00 bits per heavy atom. The van der Waals surface area contributed by atoms with Gasteiger partial charge in [0.2, 0.25) is 11.8 Å². The molecule has 0 bridgehead atoms. The minimum atomic E-state index is 0.0417. The van der Waals surface area contributed by atoms with Crippen LogP contribution in [-0.4, -0.2) is 27.1 Å². The fraction of sp³-hybridized carbons (Fsp3) is 0.385. The zero-order chi connectivity index (χ0) is 13.1. The average molecular weight is 258 g/mol. The lowest BCUT2D eigenvalue weighted by Crippen LogP contribution is -2.25. The van der Waals surface area contributed by atoms with Crippen molar-refractivity contribution in [1.29, 1.82) is 0 Å². The van der Waals surface area contributed by atoms with E-state index in [1.807, 2.05) is 12.1 Å². The Morgan fingerprint density at radius 2 is 2.26 bits per heavy atom. The summed E-state index contributed by atoms with van der Waals surface area (Å²) in [5.41, 5.74) is 0.642. The highest BCUT2D eigenvalue weighted by Crippen LogP contribution is 2.19. The normalized spacial score (nSPS) is 14.3. The van der Waals surface area contributed by atoms with Crippen molar-refractivity contribution < 1.29 is 9.21 Å².